The van der Waals surface area contributed by atoms with Gasteiger partial charge in [0, 0.05) is 32.5 Å². The van der Waals surface area contributed by atoms with Gasteiger partial charge in [-0.2, -0.15) is 0 Å². The van der Waals surface area contributed by atoms with Crippen LogP contribution < -0.4 is 48.7 Å². The van der Waals surface area contributed by atoms with E-state index in [1.165, 1.54) is 21.9 Å². The number of nitrogens with zero attached hydrogens (tertiary/aromatic N) is 3. The Labute approximate surface area is 479 Å². The van der Waals surface area contributed by atoms with Crippen LogP contribution in [0.5, 0.6) is 5.75 Å². The van der Waals surface area contributed by atoms with Crippen LogP contribution in [-0.2, 0) is 59.2 Å². The largest absolute Gasteiger partial charge is 0.508 e. The Hall–Kier alpha value is -6.93. The highest BCUT2D eigenvalue weighted by Crippen LogP contribution is 2.27. The number of phenols is 1. The third kappa shape index (κ3) is 18.5. The van der Waals surface area contributed by atoms with Gasteiger partial charge in [-0.15, -0.1) is 0 Å². The summed E-state index contributed by atoms with van der Waals surface area (Å²) in [6.45, 7) is 8.72. The number of nitrogens with one attached hydrogen (secondary N) is 7. The highest BCUT2D eigenvalue weighted by molar-refractivity contribution is 5.99. The monoisotopic (exact) mass is 1150 g/mol. The molecule has 0 saturated carbocycles. The molecule has 1 aromatic rings. The van der Waals surface area contributed by atoms with Gasteiger partial charge in [-0.05, 0) is 145 Å². The Morgan fingerprint density at radius 2 is 1.02 bits per heavy atom. The van der Waals surface area contributed by atoms with Gasteiger partial charge in [-0.1, -0.05) is 39.8 Å². The molecule has 5 rings (SSSR count). The quantitative estimate of drug-likeness (QED) is 0.0400. The summed E-state index contributed by atoms with van der Waals surface area (Å²) >= 11 is 0. The summed E-state index contributed by atoms with van der Waals surface area (Å²) in [4.78, 5) is 155. The SMILES string of the molecule is CC(C)[C@H](NC(=O)[C@@H]1CCCN1C(=O)[C@@H]1CCCN1)C(=O)N[C@@H](Cc1ccc(O)cc1)C(=O)N[C@@H](CCCCN)C(=O)N1CCC[C@H]1C(=O)N1CCC[C@H]1C(=O)N[C@H](C(=O)N[C@@H](CCC(=O)O)C(=O)N[C@@H](CCCCN)C(=O)O)C(C)C. The van der Waals surface area contributed by atoms with Gasteiger partial charge >= 0.3 is 11.9 Å². The van der Waals surface area contributed by atoms with E-state index in [1.807, 2.05) is 0 Å². The maximum Gasteiger partial charge on any atom is 0.326 e. The average molecular weight is 1150 g/mol. The second kappa shape index (κ2) is 32.1. The molecule has 82 heavy (non-hydrogen) atoms. The van der Waals surface area contributed by atoms with Gasteiger partial charge in [0.1, 0.15) is 60.1 Å². The van der Waals surface area contributed by atoms with E-state index in [-0.39, 0.29) is 75.9 Å². The topological polar surface area (TPSA) is 394 Å². The van der Waals surface area contributed by atoms with E-state index in [2.05, 4.69) is 37.2 Å². The van der Waals surface area contributed by atoms with Crippen molar-refractivity contribution in [3.8, 4) is 5.75 Å². The van der Waals surface area contributed by atoms with Crippen LogP contribution in [0.2, 0.25) is 0 Å². The molecule has 26 nitrogen and oxygen atoms in total. The first-order valence-electron chi connectivity index (χ1n) is 29.2. The van der Waals surface area contributed by atoms with E-state index in [1.54, 1.807) is 44.7 Å². The number of carboxylic acid groups (broad SMARTS) is 2. The van der Waals surface area contributed by atoms with Gasteiger partial charge in [-0.3, -0.25) is 47.9 Å². The van der Waals surface area contributed by atoms with Crippen molar-refractivity contribution in [2.45, 2.75) is 197 Å². The molecular formula is C56H88N12O14. The first kappa shape index (κ1) is 65.9. The Balaban J connectivity index is 1.30. The molecule has 0 aliphatic carbocycles. The highest BCUT2D eigenvalue weighted by atomic mass is 16.4. The van der Waals surface area contributed by atoms with Crippen LogP contribution in [0.25, 0.3) is 0 Å². The summed E-state index contributed by atoms with van der Waals surface area (Å²) in [5.74, 6) is -9.31. The Bertz CT molecular complexity index is 2400. The van der Waals surface area contributed by atoms with E-state index < -0.39 is 132 Å². The minimum Gasteiger partial charge on any atom is -0.508 e. The normalized spacial score (nSPS) is 21.0. The number of aliphatic carboxylic acids is 2. The van der Waals surface area contributed by atoms with Gasteiger partial charge in [0.15, 0.2) is 0 Å². The van der Waals surface area contributed by atoms with Crippen LogP contribution in [0.15, 0.2) is 24.3 Å². The zero-order valence-electron chi connectivity index (χ0n) is 47.8. The number of hydrogen-bond donors (Lipinski definition) is 12. The minimum absolute atomic E-state index is 0.0319. The van der Waals surface area contributed by atoms with E-state index in [4.69, 9.17) is 11.5 Å². The van der Waals surface area contributed by atoms with E-state index >= 15 is 0 Å². The molecule has 9 amide bonds. The highest BCUT2D eigenvalue weighted by Gasteiger charge is 2.45. The fourth-order valence-corrected chi connectivity index (χ4v) is 11.1. The van der Waals surface area contributed by atoms with Crippen molar-refractivity contribution in [3.05, 3.63) is 29.8 Å². The fourth-order valence-electron chi connectivity index (χ4n) is 11.1. The zero-order chi connectivity index (χ0) is 60.2. The number of phenolic OH excluding ortho intramolecular Hbond substituents is 1. The zero-order valence-corrected chi connectivity index (χ0v) is 47.8. The number of benzene rings is 1. The molecule has 0 radical (unpaired) electrons. The number of rotatable bonds is 31. The summed E-state index contributed by atoms with van der Waals surface area (Å²) in [6, 6.07) is -5.03. The number of hydrogen-bond acceptors (Lipinski definition) is 15. The molecule has 26 heteroatoms. The third-order valence-electron chi connectivity index (χ3n) is 15.8. The number of amides is 9. The van der Waals surface area contributed by atoms with Gasteiger partial charge in [0.2, 0.25) is 53.2 Å². The molecule has 0 spiro atoms. The van der Waals surface area contributed by atoms with Gasteiger partial charge in [0.05, 0.1) is 6.04 Å². The van der Waals surface area contributed by atoms with Crippen molar-refractivity contribution in [1.29, 1.82) is 0 Å². The van der Waals surface area contributed by atoms with Gasteiger partial charge in [-0.25, -0.2) is 4.79 Å². The van der Waals surface area contributed by atoms with Crippen molar-refractivity contribution >= 4 is 65.1 Å². The Morgan fingerprint density at radius 1 is 0.549 bits per heavy atom. The molecular weight excluding hydrogens is 1060 g/mol. The lowest BCUT2D eigenvalue weighted by Crippen LogP contribution is -2.61. The Morgan fingerprint density at radius 3 is 1.52 bits per heavy atom. The van der Waals surface area contributed by atoms with Crippen molar-refractivity contribution < 1.29 is 68.1 Å². The van der Waals surface area contributed by atoms with E-state index in [0.717, 1.165) is 6.42 Å². The maximum atomic E-state index is 14.8. The first-order valence-corrected chi connectivity index (χ1v) is 29.2. The van der Waals surface area contributed by atoms with Crippen molar-refractivity contribution in [2.24, 2.45) is 23.3 Å². The lowest BCUT2D eigenvalue weighted by atomic mass is 9.99. The van der Waals surface area contributed by atoms with Crippen LogP contribution >= 0.6 is 0 Å². The summed E-state index contributed by atoms with van der Waals surface area (Å²) in [6.07, 6.45) is 4.68. The number of likely N-dealkylation sites (tertiary alicyclic amines) is 3. The minimum atomic E-state index is -1.48. The number of nitrogens with two attached hydrogens (primary N) is 2. The third-order valence-corrected chi connectivity index (χ3v) is 15.8. The first-order chi connectivity index (χ1) is 39.1. The molecule has 456 valence electrons. The lowest BCUT2D eigenvalue weighted by Gasteiger charge is -2.34. The number of carbonyl (C=O) groups is 11. The Kier molecular flexibility index (Phi) is 25.8. The summed E-state index contributed by atoms with van der Waals surface area (Å²) in [5, 5.41) is 48.5. The van der Waals surface area contributed by atoms with Crippen molar-refractivity contribution in [2.75, 3.05) is 39.3 Å². The van der Waals surface area contributed by atoms with Crippen LogP contribution in [0, 0.1) is 11.8 Å². The maximum absolute atomic E-state index is 14.8. The van der Waals surface area contributed by atoms with Crippen LogP contribution in [-0.4, -0.2) is 195 Å². The molecule has 4 heterocycles. The predicted octanol–water partition coefficient (Wildman–Crippen LogP) is -0.912. The predicted molar refractivity (Wildman–Crippen MR) is 299 cm³/mol. The van der Waals surface area contributed by atoms with Crippen LogP contribution in [0.4, 0.5) is 0 Å². The lowest BCUT2D eigenvalue weighted by molar-refractivity contribution is -0.148. The standard InChI is InChI=1S/C56H88N12O14/c1-32(2)45(51(76)60-36(23-24-44(70)71)47(72)62-39(56(81)82)14-6-8-26-58)64-50(75)42-17-11-29-67(42)55(80)43-18-12-30-68(43)54(79)38(13-5-7-25-57)61-48(73)40(31-34-19-21-35(69)22-20-34)63-52(77)46(33(3)4)65-49(74)41-16-10-28-66(41)53(78)37-15-9-27-59-37/h19-22,32-33,36-43,45-46,59,69H,5-18,23-31,57-58H2,1-4H3,(H,60,76)(H,61,73)(H,62,72)(H,63,77)(H,64,75)(H,65,74)(H,70,71)(H,81,82)/t36-,37-,38-,39-,40-,41-,42-,43-,45-,46-/m0/s1. The fraction of sp³-hybridized carbons (Fsp3) is 0.696. The molecule has 4 aliphatic heterocycles. The second-order valence-corrected chi connectivity index (χ2v) is 22.6. The van der Waals surface area contributed by atoms with Crippen LogP contribution in [0.3, 0.4) is 0 Å². The summed E-state index contributed by atoms with van der Waals surface area (Å²) in [5.41, 5.74) is 11.9. The van der Waals surface area contributed by atoms with Gasteiger partial charge < -0.3 is 78.7 Å². The number of unbranched alkanes of at least 4 members (excludes halogenated alkanes) is 2. The second-order valence-electron chi connectivity index (χ2n) is 22.6. The number of carbonyl (C=O) groups excluding carboxylic acids is 9. The van der Waals surface area contributed by atoms with E-state index in [0.29, 0.717) is 83.0 Å². The molecule has 10 atom stereocenters. The van der Waals surface area contributed by atoms with Gasteiger partial charge in [0.25, 0.3) is 0 Å². The average Bonchev–Trinajstić information content (AvgIpc) is 4.34. The molecule has 0 bridgehead atoms. The van der Waals surface area contributed by atoms with E-state index in [9.17, 15) is 68.1 Å². The molecule has 14 N–H and O–H groups in total. The molecule has 4 fully saturated rings. The number of carboxylic acids is 2. The van der Waals surface area contributed by atoms with Crippen molar-refractivity contribution in [3.63, 3.8) is 0 Å². The molecule has 0 unspecified atom stereocenters. The molecule has 0 aromatic heterocycles. The summed E-state index contributed by atoms with van der Waals surface area (Å²) < 4.78 is 0. The molecule has 4 saturated heterocycles. The smallest absolute Gasteiger partial charge is 0.326 e. The number of aromatic hydroxyl groups is 1. The summed E-state index contributed by atoms with van der Waals surface area (Å²) in [7, 11) is 0. The molecule has 4 aliphatic rings. The van der Waals surface area contributed by atoms with Crippen LogP contribution in [0.1, 0.15) is 136 Å². The molecule has 1 aromatic carbocycles. The van der Waals surface area contributed by atoms with Crippen molar-refractivity contribution in [1.82, 2.24) is 51.9 Å².